The maximum atomic E-state index is 13.1. The molecule has 1 N–H and O–H groups in total. The number of aliphatic hydroxyl groups is 1. The van der Waals surface area contributed by atoms with Gasteiger partial charge in [0, 0.05) is 9.89 Å². The molecule has 1 aromatic carbocycles. The minimum atomic E-state index is -0.233. The quantitative estimate of drug-likeness (QED) is 0.865. The largest absolute Gasteiger partial charge is 0.395 e. The summed E-state index contributed by atoms with van der Waals surface area (Å²) in [6, 6.07) is 4.66. The van der Waals surface area contributed by atoms with E-state index in [1.165, 1.54) is 12.1 Å². The van der Waals surface area contributed by atoms with E-state index >= 15 is 0 Å². The van der Waals surface area contributed by atoms with Crippen molar-refractivity contribution in [1.29, 1.82) is 0 Å². The highest BCUT2D eigenvalue weighted by Crippen LogP contribution is 2.45. The summed E-state index contributed by atoms with van der Waals surface area (Å²) in [5, 5.41) is 9.36. The molecule has 1 nitrogen and oxygen atoms in total. The molecule has 0 aliphatic heterocycles. The van der Waals surface area contributed by atoms with Gasteiger partial charge in [0.1, 0.15) is 5.82 Å². The van der Waals surface area contributed by atoms with Gasteiger partial charge < -0.3 is 5.11 Å². The summed E-state index contributed by atoms with van der Waals surface area (Å²) in [5.74, 6) is -0.233. The molecule has 1 saturated carbocycles. The lowest BCUT2D eigenvalue weighted by Gasteiger charge is -2.41. The van der Waals surface area contributed by atoms with Crippen LogP contribution in [-0.2, 0) is 5.41 Å². The van der Waals surface area contributed by atoms with Crippen LogP contribution >= 0.6 is 15.9 Å². The summed E-state index contributed by atoms with van der Waals surface area (Å²) in [6.07, 6.45) is 3.01. The molecule has 0 aromatic heterocycles. The molecule has 0 bridgehead atoms. The Bertz CT molecular complexity index is 342. The zero-order chi connectivity index (χ0) is 10.2. The van der Waals surface area contributed by atoms with Gasteiger partial charge >= 0.3 is 0 Å². The molecule has 1 aromatic rings. The van der Waals surface area contributed by atoms with Crippen LogP contribution in [0.3, 0.4) is 0 Å². The highest BCUT2D eigenvalue weighted by molar-refractivity contribution is 9.10. The van der Waals surface area contributed by atoms with Crippen molar-refractivity contribution in [1.82, 2.24) is 0 Å². The zero-order valence-electron chi connectivity index (χ0n) is 7.76. The lowest BCUT2D eigenvalue weighted by atomic mass is 9.65. The third-order valence-electron chi connectivity index (χ3n) is 3.11. The fourth-order valence-electron chi connectivity index (χ4n) is 2.02. The number of aliphatic hydroxyl groups excluding tert-OH is 1. The van der Waals surface area contributed by atoms with Crippen molar-refractivity contribution in [2.75, 3.05) is 6.61 Å². The molecule has 1 aliphatic carbocycles. The number of hydrogen-bond donors (Lipinski definition) is 1. The van der Waals surface area contributed by atoms with Crippen LogP contribution in [0.5, 0.6) is 0 Å². The van der Waals surface area contributed by atoms with Gasteiger partial charge in [-0.3, -0.25) is 0 Å². The first kappa shape index (κ1) is 10.1. The highest BCUT2D eigenvalue weighted by Gasteiger charge is 2.39. The maximum absolute atomic E-state index is 13.1. The molecule has 0 unspecified atom stereocenters. The number of benzene rings is 1. The molecule has 0 spiro atoms. The molecule has 14 heavy (non-hydrogen) atoms. The second kappa shape index (κ2) is 3.63. The van der Waals surface area contributed by atoms with Crippen LogP contribution in [0.2, 0.25) is 0 Å². The molecule has 3 heteroatoms. The van der Waals surface area contributed by atoms with E-state index in [1.807, 2.05) is 0 Å². The summed E-state index contributed by atoms with van der Waals surface area (Å²) >= 11 is 3.40. The Morgan fingerprint density at radius 2 is 2.14 bits per heavy atom. The lowest BCUT2D eigenvalue weighted by molar-refractivity contribution is 0.119. The monoisotopic (exact) mass is 258 g/mol. The first-order valence-corrected chi connectivity index (χ1v) is 5.54. The molecule has 0 saturated heterocycles. The smallest absolute Gasteiger partial charge is 0.123 e. The van der Waals surface area contributed by atoms with Crippen molar-refractivity contribution in [3.8, 4) is 0 Å². The van der Waals surface area contributed by atoms with Crippen molar-refractivity contribution in [2.24, 2.45) is 0 Å². The van der Waals surface area contributed by atoms with Crippen LogP contribution in [0.25, 0.3) is 0 Å². The van der Waals surface area contributed by atoms with E-state index in [4.69, 9.17) is 0 Å². The number of halogens is 2. The lowest BCUT2D eigenvalue weighted by Crippen LogP contribution is -2.38. The Morgan fingerprint density at radius 3 is 2.64 bits per heavy atom. The Kier molecular flexibility index (Phi) is 2.62. The first-order chi connectivity index (χ1) is 6.68. The highest BCUT2D eigenvalue weighted by atomic mass is 79.9. The van der Waals surface area contributed by atoms with Crippen molar-refractivity contribution in [3.05, 3.63) is 34.1 Å². The zero-order valence-corrected chi connectivity index (χ0v) is 9.35. The van der Waals surface area contributed by atoms with E-state index in [0.29, 0.717) is 0 Å². The van der Waals surface area contributed by atoms with E-state index in [0.717, 1.165) is 29.3 Å². The van der Waals surface area contributed by atoms with E-state index in [-0.39, 0.29) is 17.8 Å². The topological polar surface area (TPSA) is 20.2 Å². The third-order valence-corrected chi connectivity index (χ3v) is 3.80. The van der Waals surface area contributed by atoms with Crippen LogP contribution in [0.15, 0.2) is 22.7 Å². The summed E-state index contributed by atoms with van der Waals surface area (Å²) in [7, 11) is 0. The molecule has 0 radical (unpaired) electrons. The molecule has 1 fully saturated rings. The second-order valence-electron chi connectivity index (χ2n) is 3.92. The second-order valence-corrected chi connectivity index (χ2v) is 4.77. The van der Waals surface area contributed by atoms with Gasteiger partial charge in [-0.25, -0.2) is 4.39 Å². The van der Waals surface area contributed by atoms with Crippen LogP contribution in [-0.4, -0.2) is 11.7 Å². The Morgan fingerprint density at radius 1 is 1.43 bits per heavy atom. The fraction of sp³-hybridized carbons (Fsp3) is 0.455. The SMILES string of the molecule is OCC1(c2cc(F)ccc2Br)CCC1. The molecular formula is C11H12BrFO. The maximum Gasteiger partial charge on any atom is 0.123 e. The van der Waals surface area contributed by atoms with Crippen molar-refractivity contribution >= 4 is 15.9 Å². The van der Waals surface area contributed by atoms with Gasteiger partial charge in [-0.1, -0.05) is 22.4 Å². The van der Waals surface area contributed by atoms with Crippen LogP contribution in [0.1, 0.15) is 24.8 Å². The van der Waals surface area contributed by atoms with Crippen molar-refractivity contribution in [3.63, 3.8) is 0 Å². The summed E-state index contributed by atoms with van der Waals surface area (Å²) in [5.41, 5.74) is 0.715. The van der Waals surface area contributed by atoms with Crippen LogP contribution < -0.4 is 0 Å². The Labute approximate surface area is 91.1 Å². The van der Waals surface area contributed by atoms with Crippen molar-refractivity contribution < 1.29 is 9.50 Å². The van der Waals surface area contributed by atoms with Gasteiger partial charge in [0.05, 0.1) is 6.61 Å². The van der Waals surface area contributed by atoms with Crippen LogP contribution in [0, 0.1) is 5.82 Å². The molecular weight excluding hydrogens is 247 g/mol. The molecule has 76 valence electrons. The van der Waals surface area contributed by atoms with Gasteiger partial charge in [-0.05, 0) is 36.6 Å². The van der Waals surface area contributed by atoms with Gasteiger partial charge in [-0.2, -0.15) is 0 Å². The fourth-order valence-corrected chi connectivity index (χ4v) is 2.69. The molecule has 0 amide bonds. The molecule has 0 atom stereocenters. The molecule has 2 rings (SSSR count). The molecule has 0 heterocycles. The van der Waals surface area contributed by atoms with Crippen LogP contribution in [0.4, 0.5) is 4.39 Å². The summed E-state index contributed by atoms with van der Waals surface area (Å²) in [6.45, 7) is 0.106. The van der Waals surface area contributed by atoms with Crippen molar-refractivity contribution in [2.45, 2.75) is 24.7 Å². The Hall–Kier alpha value is -0.410. The van der Waals surface area contributed by atoms with E-state index < -0.39 is 0 Å². The summed E-state index contributed by atoms with van der Waals surface area (Å²) < 4.78 is 14.0. The van der Waals surface area contributed by atoms with E-state index in [1.54, 1.807) is 6.07 Å². The van der Waals surface area contributed by atoms with Gasteiger partial charge in [0.25, 0.3) is 0 Å². The molecule has 1 aliphatic rings. The minimum Gasteiger partial charge on any atom is -0.395 e. The van der Waals surface area contributed by atoms with Gasteiger partial charge in [0.2, 0.25) is 0 Å². The predicted octanol–water partition coefficient (Wildman–Crippen LogP) is 3.00. The normalized spacial score (nSPS) is 19.1. The van der Waals surface area contributed by atoms with E-state index in [2.05, 4.69) is 15.9 Å². The predicted molar refractivity (Wildman–Crippen MR) is 56.7 cm³/mol. The Balaban J connectivity index is 2.43. The van der Waals surface area contributed by atoms with Gasteiger partial charge in [0.15, 0.2) is 0 Å². The minimum absolute atomic E-state index is 0.106. The number of hydrogen-bond acceptors (Lipinski definition) is 1. The third kappa shape index (κ3) is 1.48. The average Bonchev–Trinajstić information content (AvgIpc) is 2.10. The summed E-state index contributed by atoms with van der Waals surface area (Å²) in [4.78, 5) is 0. The number of rotatable bonds is 2. The average molecular weight is 259 g/mol. The van der Waals surface area contributed by atoms with E-state index in [9.17, 15) is 9.50 Å². The first-order valence-electron chi connectivity index (χ1n) is 4.74. The standard InChI is InChI=1S/C11H12BrFO/c12-10-3-2-8(13)6-9(10)11(7-14)4-1-5-11/h2-3,6,14H,1,4-5,7H2. The van der Waals surface area contributed by atoms with Gasteiger partial charge in [-0.15, -0.1) is 0 Å².